The molecule has 204 valence electrons. The van der Waals surface area contributed by atoms with E-state index in [4.69, 9.17) is 9.47 Å². The molecule has 0 aliphatic carbocycles. The second-order valence-electron chi connectivity index (χ2n) is 8.18. The van der Waals surface area contributed by atoms with Crippen LogP contribution >= 0.6 is 0 Å². The van der Waals surface area contributed by atoms with Gasteiger partial charge in [-0.3, -0.25) is 0 Å². The molecule has 0 aliphatic rings. The summed E-state index contributed by atoms with van der Waals surface area (Å²) in [6.07, 6.45) is -4.67. The molecule has 4 aromatic carbocycles. The van der Waals surface area contributed by atoms with Gasteiger partial charge in [0.2, 0.25) is 5.84 Å². The summed E-state index contributed by atoms with van der Waals surface area (Å²) < 4.78 is 53.0. The second kappa shape index (κ2) is 12.5. The molecular weight excluding hydrogens is 535 g/mol. The molecule has 1 aromatic heterocycles. The number of nitrogens with one attached hydrogen (secondary N) is 1. The van der Waals surface area contributed by atoms with E-state index in [0.717, 1.165) is 6.07 Å². The number of aromatic nitrogens is 3. The minimum absolute atomic E-state index is 0.141. The number of amidine groups is 1. The molecule has 0 spiro atoms. The van der Waals surface area contributed by atoms with Crippen LogP contribution in [0.2, 0.25) is 0 Å². The molecule has 5 aromatic rings. The van der Waals surface area contributed by atoms with Crippen LogP contribution in [0.25, 0.3) is 0 Å². The third kappa shape index (κ3) is 7.47. The van der Waals surface area contributed by atoms with Crippen LogP contribution in [0.15, 0.2) is 131 Å². The van der Waals surface area contributed by atoms with Crippen LogP contribution in [0.1, 0.15) is 11.1 Å². The Morgan fingerprint density at radius 2 is 1.15 bits per heavy atom. The van der Waals surface area contributed by atoms with E-state index < -0.39 is 11.7 Å². The minimum atomic E-state index is -4.67. The number of nitrogens with zero attached hydrogens (tertiary/aromatic N) is 6. The Kier molecular flexibility index (Phi) is 8.19. The molecule has 0 saturated carbocycles. The standard InChI is InChI=1S/C29H20F3N7O2/c30-29(31,32)24-19-11-10-18-23(24)25(37-36-20-12-4-1-5-13-20)38-39-26-33-27(40-21-14-6-2-7-15-21)35-28(34-26)41-22-16-8-3-9-17-22/h1-19H,(H,33,34,35,39)/b37-36?,38-25-. The van der Waals surface area contributed by atoms with Crippen molar-refractivity contribution >= 4 is 17.5 Å². The van der Waals surface area contributed by atoms with Crippen LogP contribution in [-0.4, -0.2) is 20.8 Å². The first-order chi connectivity index (χ1) is 19.9. The Balaban J connectivity index is 1.53. The van der Waals surface area contributed by atoms with Crippen LogP contribution < -0.4 is 14.9 Å². The number of hydrogen-bond donors (Lipinski definition) is 1. The van der Waals surface area contributed by atoms with Gasteiger partial charge in [-0.2, -0.15) is 28.2 Å². The molecule has 0 atom stereocenters. The highest BCUT2D eigenvalue weighted by Crippen LogP contribution is 2.33. The lowest BCUT2D eigenvalue weighted by molar-refractivity contribution is -0.137. The fourth-order valence-corrected chi connectivity index (χ4v) is 3.43. The van der Waals surface area contributed by atoms with E-state index in [1.165, 1.54) is 18.2 Å². The monoisotopic (exact) mass is 555 g/mol. The Morgan fingerprint density at radius 1 is 0.634 bits per heavy atom. The van der Waals surface area contributed by atoms with Crippen molar-refractivity contribution < 1.29 is 22.6 Å². The fourth-order valence-electron chi connectivity index (χ4n) is 3.43. The number of benzene rings is 4. The number of rotatable bonds is 8. The minimum Gasteiger partial charge on any atom is -0.424 e. The first kappa shape index (κ1) is 26.9. The molecule has 1 N–H and O–H groups in total. The number of hydrogen-bond acceptors (Lipinski definition) is 8. The zero-order valence-electron chi connectivity index (χ0n) is 21.1. The number of hydrazone groups is 1. The number of halogens is 3. The van der Waals surface area contributed by atoms with Crippen LogP contribution in [0.5, 0.6) is 23.5 Å². The van der Waals surface area contributed by atoms with Crippen molar-refractivity contribution in [3.8, 4) is 23.5 Å². The summed E-state index contributed by atoms with van der Waals surface area (Å²) in [7, 11) is 0. The lowest BCUT2D eigenvalue weighted by atomic mass is 10.1. The van der Waals surface area contributed by atoms with Gasteiger partial charge in [-0.1, -0.05) is 72.8 Å². The molecule has 41 heavy (non-hydrogen) atoms. The number of anilines is 1. The molecule has 1 heterocycles. The van der Waals surface area contributed by atoms with Gasteiger partial charge >= 0.3 is 18.2 Å². The van der Waals surface area contributed by atoms with Crippen molar-refractivity contribution in [3.63, 3.8) is 0 Å². The average Bonchev–Trinajstić information content (AvgIpc) is 2.98. The molecule has 12 heteroatoms. The van der Waals surface area contributed by atoms with Crippen molar-refractivity contribution in [1.29, 1.82) is 0 Å². The van der Waals surface area contributed by atoms with Gasteiger partial charge in [0.25, 0.3) is 5.95 Å². The number of azo groups is 1. The Labute approximate surface area is 232 Å². The highest BCUT2D eigenvalue weighted by molar-refractivity contribution is 6.01. The van der Waals surface area contributed by atoms with Crippen molar-refractivity contribution in [2.24, 2.45) is 15.3 Å². The summed E-state index contributed by atoms with van der Waals surface area (Å²) in [5, 5.41) is 12.2. The lowest BCUT2D eigenvalue weighted by Gasteiger charge is -2.12. The highest BCUT2D eigenvalue weighted by atomic mass is 19.4. The first-order valence-electron chi connectivity index (χ1n) is 12.1. The van der Waals surface area contributed by atoms with Crippen molar-refractivity contribution in [2.75, 3.05) is 5.43 Å². The Bertz CT molecular complexity index is 1590. The van der Waals surface area contributed by atoms with Gasteiger partial charge in [0.05, 0.1) is 11.3 Å². The van der Waals surface area contributed by atoms with Gasteiger partial charge in [0.15, 0.2) is 0 Å². The van der Waals surface area contributed by atoms with Gasteiger partial charge in [-0.05, 0) is 42.5 Å². The molecule has 0 fully saturated rings. The van der Waals surface area contributed by atoms with Crippen LogP contribution in [0.4, 0.5) is 24.8 Å². The molecule has 0 saturated heterocycles. The van der Waals surface area contributed by atoms with E-state index >= 15 is 0 Å². The summed E-state index contributed by atoms with van der Waals surface area (Å²) in [5.41, 5.74) is 1.73. The van der Waals surface area contributed by atoms with E-state index in [-0.39, 0.29) is 29.4 Å². The zero-order chi connectivity index (χ0) is 28.5. The summed E-state index contributed by atoms with van der Waals surface area (Å²) >= 11 is 0. The molecule has 0 bridgehead atoms. The van der Waals surface area contributed by atoms with E-state index in [1.54, 1.807) is 78.9 Å². The highest BCUT2D eigenvalue weighted by Gasteiger charge is 2.34. The van der Waals surface area contributed by atoms with Gasteiger partial charge in [-0.25, -0.2) is 5.43 Å². The lowest BCUT2D eigenvalue weighted by Crippen LogP contribution is -2.13. The molecular formula is C29H20F3N7O2. The van der Waals surface area contributed by atoms with Crippen LogP contribution in [0.3, 0.4) is 0 Å². The predicted molar refractivity (Wildman–Crippen MR) is 145 cm³/mol. The maximum absolute atomic E-state index is 13.8. The average molecular weight is 556 g/mol. The third-order valence-corrected chi connectivity index (χ3v) is 5.25. The first-order valence-corrected chi connectivity index (χ1v) is 12.1. The van der Waals surface area contributed by atoms with E-state index in [2.05, 4.69) is 35.7 Å². The molecule has 0 unspecified atom stereocenters. The molecule has 5 rings (SSSR count). The summed E-state index contributed by atoms with van der Waals surface area (Å²) in [5.74, 6) is 0.345. The summed E-state index contributed by atoms with van der Waals surface area (Å²) in [6, 6.07) is 30.6. The number of para-hydroxylation sites is 2. The predicted octanol–water partition coefficient (Wildman–Crippen LogP) is 8.03. The smallest absolute Gasteiger partial charge is 0.417 e. The summed E-state index contributed by atoms with van der Waals surface area (Å²) in [6.45, 7) is 0. The van der Waals surface area contributed by atoms with E-state index in [1.807, 2.05) is 12.1 Å². The number of alkyl halides is 3. The van der Waals surface area contributed by atoms with E-state index in [9.17, 15) is 13.2 Å². The molecule has 0 aliphatic heterocycles. The van der Waals surface area contributed by atoms with Crippen LogP contribution in [0, 0.1) is 0 Å². The normalized spacial score (nSPS) is 11.8. The third-order valence-electron chi connectivity index (χ3n) is 5.25. The van der Waals surface area contributed by atoms with Crippen molar-refractivity contribution in [2.45, 2.75) is 6.18 Å². The van der Waals surface area contributed by atoms with Gasteiger partial charge in [0.1, 0.15) is 11.5 Å². The fraction of sp³-hybridized carbons (Fsp3) is 0.0345. The van der Waals surface area contributed by atoms with Crippen molar-refractivity contribution in [1.82, 2.24) is 15.0 Å². The maximum Gasteiger partial charge on any atom is 0.417 e. The number of ether oxygens (including phenoxy) is 2. The topological polar surface area (TPSA) is 106 Å². The Morgan fingerprint density at radius 3 is 1.71 bits per heavy atom. The molecule has 0 amide bonds. The summed E-state index contributed by atoms with van der Waals surface area (Å²) in [4.78, 5) is 12.6. The SMILES string of the molecule is FC(F)(F)c1ccccc1/C(N=Nc1ccccc1)=N/Nc1nc(Oc2ccccc2)nc(Oc2ccccc2)n1. The van der Waals surface area contributed by atoms with Gasteiger partial charge < -0.3 is 9.47 Å². The zero-order valence-corrected chi connectivity index (χ0v) is 21.1. The largest absolute Gasteiger partial charge is 0.424 e. The molecule has 9 nitrogen and oxygen atoms in total. The maximum atomic E-state index is 13.8. The quantitative estimate of drug-likeness (QED) is 0.0899. The van der Waals surface area contributed by atoms with Crippen molar-refractivity contribution in [3.05, 3.63) is 126 Å². The second-order valence-corrected chi connectivity index (χ2v) is 8.18. The van der Waals surface area contributed by atoms with Gasteiger partial charge in [-0.15, -0.1) is 15.2 Å². The Hall–Kier alpha value is -5.65. The van der Waals surface area contributed by atoms with Gasteiger partial charge in [0, 0.05) is 5.56 Å². The van der Waals surface area contributed by atoms with Crippen LogP contribution in [-0.2, 0) is 6.18 Å². The molecule has 0 radical (unpaired) electrons. The van der Waals surface area contributed by atoms with E-state index in [0.29, 0.717) is 17.2 Å².